The number of carbonyl (C=O) groups is 1. The van der Waals surface area contributed by atoms with E-state index in [2.05, 4.69) is 48.3 Å². The van der Waals surface area contributed by atoms with E-state index in [0.29, 0.717) is 37.3 Å². The van der Waals surface area contributed by atoms with Gasteiger partial charge in [0.25, 0.3) is 0 Å². The zero-order valence-corrected chi connectivity index (χ0v) is 21.3. The second-order valence-electron chi connectivity index (χ2n) is 9.68. The van der Waals surface area contributed by atoms with Crippen LogP contribution in [0.4, 0.5) is 0 Å². The van der Waals surface area contributed by atoms with Crippen LogP contribution >= 0.6 is 0 Å². The number of H-pyrrole nitrogens is 1. The number of aliphatic imine (C=N–C) groups is 1. The molecule has 1 aliphatic rings. The Morgan fingerprint density at radius 1 is 1.03 bits per heavy atom. The topological polar surface area (TPSA) is 74.7 Å². The fraction of sp³-hybridized carbons (Fsp3) is 0.250. The van der Waals surface area contributed by atoms with Crippen molar-refractivity contribution in [3.8, 4) is 5.75 Å². The van der Waals surface area contributed by atoms with Crippen LogP contribution in [-0.2, 0) is 17.8 Å². The molecule has 1 atom stereocenters. The number of rotatable bonds is 8. The number of carbonyl (C=O) groups excluding carboxylic acids is 1. The lowest BCUT2D eigenvalue weighted by Crippen LogP contribution is -2.23. The van der Waals surface area contributed by atoms with Crippen molar-refractivity contribution in [2.45, 2.75) is 45.6 Å². The number of aliphatic hydroxyl groups excluding tert-OH is 1. The summed E-state index contributed by atoms with van der Waals surface area (Å²) in [4.78, 5) is 20.7. The molecule has 0 saturated heterocycles. The van der Waals surface area contributed by atoms with E-state index in [1.807, 2.05) is 42.5 Å². The third-order valence-corrected chi connectivity index (χ3v) is 7.08. The van der Waals surface area contributed by atoms with Gasteiger partial charge in [-0.1, -0.05) is 60.7 Å². The first kappa shape index (κ1) is 24.6. The number of nitrogens with zero attached hydrogens (tertiary/aromatic N) is 1. The van der Waals surface area contributed by atoms with Gasteiger partial charge < -0.3 is 14.8 Å². The van der Waals surface area contributed by atoms with E-state index in [1.54, 1.807) is 0 Å². The Hall–Kier alpha value is -4.12. The summed E-state index contributed by atoms with van der Waals surface area (Å²) in [5, 5.41) is 11.9. The van der Waals surface area contributed by atoms with Crippen LogP contribution in [-0.4, -0.2) is 28.1 Å². The fourth-order valence-corrected chi connectivity index (χ4v) is 5.24. The van der Waals surface area contributed by atoms with Crippen molar-refractivity contribution in [1.29, 1.82) is 0 Å². The zero-order valence-electron chi connectivity index (χ0n) is 21.3. The van der Waals surface area contributed by atoms with Crippen LogP contribution in [0.5, 0.6) is 5.75 Å². The standard InChI is InChI=1S/C32H32N2O3/c1-21-27(28-19-26(13-14-29(28)34-21)37-20-23-9-5-3-6-10-23)15-16-33-30-17-25(24-11-7-4-8-12-24)18-31(36)32(30)22(2)35/h3-14,19,25,34,36H,15-18,20H2,1-2H3/t25-/m1/s1. The molecule has 188 valence electrons. The molecule has 1 aliphatic carbocycles. The minimum atomic E-state index is -0.133. The Bertz CT molecular complexity index is 1470. The number of Topliss-reactive ketones (excluding diaryl/α,β-unsaturated/α-hetero) is 1. The summed E-state index contributed by atoms with van der Waals surface area (Å²) in [6.45, 7) is 4.63. The average Bonchev–Trinajstić information content (AvgIpc) is 3.22. The number of ether oxygens (including phenoxy) is 1. The third-order valence-electron chi connectivity index (χ3n) is 7.08. The largest absolute Gasteiger partial charge is 0.511 e. The zero-order chi connectivity index (χ0) is 25.8. The molecule has 3 aromatic carbocycles. The van der Waals surface area contributed by atoms with Gasteiger partial charge >= 0.3 is 0 Å². The molecular formula is C32H32N2O3. The highest BCUT2D eigenvalue weighted by atomic mass is 16.5. The second-order valence-corrected chi connectivity index (χ2v) is 9.68. The monoisotopic (exact) mass is 492 g/mol. The molecule has 4 aromatic rings. The van der Waals surface area contributed by atoms with Gasteiger partial charge in [0.1, 0.15) is 18.1 Å². The van der Waals surface area contributed by atoms with Gasteiger partial charge in [0.15, 0.2) is 5.78 Å². The highest BCUT2D eigenvalue weighted by molar-refractivity contribution is 6.22. The maximum Gasteiger partial charge on any atom is 0.164 e. The van der Waals surface area contributed by atoms with Crippen molar-refractivity contribution in [1.82, 2.24) is 4.98 Å². The lowest BCUT2D eigenvalue weighted by molar-refractivity contribution is -0.113. The van der Waals surface area contributed by atoms with Crippen molar-refractivity contribution < 1.29 is 14.6 Å². The van der Waals surface area contributed by atoms with Crippen LogP contribution in [0, 0.1) is 6.92 Å². The summed E-state index contributed by atoms with van der Waals surface area (Å²) in [6, 6.07) is 26.4. The van der Waals surface area contributed by atoms with E-state index < -0.39 is 0 Å². The minimum Gasteiger partial charge on any atom is -0.511 e. The quantitative estimate of drug-likeness (QED) is 0.278. The molecule has 5 rings (SSSR count). The number of aliphatic hydroxyl groups is 1. The smallest absolute Gasteiger partial charge is 0.164 e. The van der Waals surface area contributed by atoms with E-state index in [-0.39, 0.29) is 17.5 Å². The number of hydrogen-bond acceptors (Lipinski definition) is 4. The molecule has 2 N–H and O–H groups in total. The molecular weight excluding hydrogens is 460 g/mol. The molecule has 0 amide bonds. The Labute approximate surface area is 217 Å². The average molecular weight is 493 g/mol. The first-order valence-corrected chi connectivity index (χ1v) is 12.8. The Morgan fingerprint density at radius 2 is 1.76 bits per heavy atom. The third kappa shape index (κ3) is 5.51. The van der Waals surface area contributed by atoms with Gasteiger partial charge in [-0.25, -0.2) is 0 Å². The summed E-state index contributed by atoms with van der Waals surface area (Å²) in [7, 11) is 0. The molecule has 37 heavy (non-hydrogen) atoms. The van der Waals surface area contributed by atoms with E-state index >= 15 is 0 Å². The van der Waals surface area contributed by atoms with Gasteiger partial charge in [0.05, 0.1) is 5.57 Å². The predicted molar refractivity (Wildman–Crippen MR) is 149 cm³/mol. The normalized spacial score (nSPS) is 16.9. The second kappa shape index (κ2) is 10.9. The predicted octanol–water partition coefficient (Wildman–Crippen LogP) is 7.02. The molecule has 0 radical (unpaired) electrons. The molecule has 0 fully saturated rings. The highest BCUT2D eigenvalue weighted by Crippen LogP contribution is 2.34. The molecule has 5 heteroatoms. The van der Waals surface area contributed by atoms with Crippen LogP contribution in [0.25, 0.3) is 10.9 Å². The Morgan fingerprint density at radius 3 is 2.49 bits per heavy atom. The van der Waals surface area contributed by atoms with Crippen LogP contribution < -0.4 is 4.74 Å². The molecule has 1 heterocycles. The molecule has 0 aliphatic heterocycles. The molecule has 1 aromatic heterocycles. The number of allylic oxidation sites excluding steroid dienone is 2. The summed E-state index contributed by atoms with van der Waals surface area (Å²) in [5.74, 6) is 0.955. The number of benzene rings is 3. The minimum absolute atomic E-state index is 0.113. The maximum atomic E-state index is 12.4. The van der Waals surface area contributed by atoms with Crippen molar-refractivity contribution in [2.24, 2.45) is 4.99 Å². The summed E-state index contributed by atoms with van der Waals surface area (Å²) in [5.41, 5.74) is 6.73. The van der Waals surface area contributed by atoms with E-state index in [0.717, 1.165) is 39.9 Å². The van der Waals surface area contributed by atoms with Crippen molar-refractivity contribution in [2.75, 3.05) is 6.54 Å². The number of ketones is 1. The Kier molecular flexibility index (Phi) is 7.22. The maximum absolute atomic E-state index is 12.4. The van der Waals surface area contributed by atoms with E-state index in [4.69, 9.17) is 9.73 Å². The summed E-state index contributed by atoms with van der Waals surface area (Å²) < 4.78 is 6.06. The molecule has 0 spiro atoms. The number of nitrogens with one attached hydrogen (secondary N) is 1. The van der Waals surface area contributed by atoms with Crippen LogP contribution in [0.1, 0.15) is 48.1 Å². The van der Waals surface area contributed by atoms with E-state index in [1.165, 1.54) is 12.5 Å². The number of aromatic nitrogens is 1. The lowest BCUT2D eigenvalue weighted by atomic mass is 9.81. The first-order chi connectivity index (χ1) is 18.0. The number of aryl methyl sites for hydroxylation is 1. The summed E-state index contributed by atoms with van der Waals surface area (Å²) in [6.07, 6.45) is 1.83. The first-order valence-electron chi connectivity index (χ1n) is 12.8. The van der Waals surface area contributed by atoms with Crippen LogP contribution in [0.3, 0.4) is 0 Å². The summed E-state index contributed by atoms with van der Waals surface area (Å²) >= 11 is 0. The van der Waals surface area contributed by atoms with Gasteiger partial charge in [-0.3, -0.25) is 9.79 Å². The molecule has 0 unspecified atom stereocenters. The van der Waals surface area contributed by atoms with Gasteiger partial charge in [-0.15, -0.1) is 0 Å². The van der Waals surface area contributed by atoms with Crippen molar-refractivity contribution in [3.63, 3.8) is 0 Å². The highest BCUT2D eigenvalue weighted by Gasteiger charge is 2.29. The molecule has 5 nitrogen and oxygen atoms in total. The van der Waals surface area contributed by atoms with Crippen LogP contribution in [0.2, 0.25) is 0 Å². The van der Waals surface area contributed by atoms with Gasteiger partial charge in [-0.05, 0) is 67.5 Å². The van der Waals surface area contributed by atoms with Gasteiger partial charge in [-0.2, -0.15) is 0 Å². The SMILES string of the molecule is CC(=O)C1=C(O)C[C@H](c2ccccc2)CC1=NCCc1c(C)[nH]c2ccc(OCc3ccccc3)cc12. The lowest BCUT2D eigenvalue weighted by Gasteiger charge is -2.25. The molecule has 0 saturated carbocycles. The number of aromatic amines is 1. The van der Waals surface area contributed by atoms with Gasteiger partial charge in [0.2, 0.25) is 0 Å². The van der Waals surface area contributed by atoms with Crippen LogP contribution in [0.15, 0.2) is 95.2 Å². The van der Waals surface area contributed by atoms with E-state index in [9.17, 15) is 9.90 Å². The van der Waals surface area contributed by atoms with Gasteiger partial charge in [0, 0.05) is 35.3 Å². The van der Waals surface area contributed by atoms with Crippen molar-refractivity contribution in [3.05, 3.63) is 113 Å². The number of fused-ring (bicyclic) bond motifs is 1. The Balaban J connectivity index is 1.35. The molecule has 0 bridgehead atoms. The fourth-order valence-electron chi connectivity index (χ4n) is 5.24. The van der Waals surface area contributed by atoms with Crippen molar-refractivity contribution >= 4 is 22.4 Å². The number of hydrogen-bond donors (Lipinski definition) is 2.